The molecule has 0 radical (unpaired) electrons. The molecule has 0 aliphatic rings. The van der Waals surface area contributed by atoms with Crippen LogP contribution in [0.15, 0.2) is 63.8 Å². The molecule has 22 heavy (non-hydrogen) atoms. The first-order chi connectivity index (χ1) is 10.7. The summed E-state index contributed by atoms with van der Waals surface area (Å²) in [7, 11) is 0. The van der Waals surface area contributed by atoms with Gasteiger partial charge in [0.25, 0.3) is 0 Å². The topological polar surface area (TPSA) is 59.1 Å². The van der Waals surface area contributed by atoms with Gasteiger partial charge in [-0.05, 0) is 42.9 Å². The number of aromatic nitrogens is 3. The molecule has 3 rings (SSSR count). The quantitative estimate of drug-likeness (QED) is 0.582. The molecule has 110 valence electrons. The molecule has 5 nitrogen and oxygen atoms in total. The zero-order chi connectivity index (χ0) is 15.4. The summed E-state index contributed by atoms with van der Waals surface area (Å²) < 4.78 is 7.32. The molecule has 0 unspecified atom stereocenters. The van der Waals surface area contributed by atoms with Crippen LogP contribution in [0.2, 0.25) is 0 Å². The van der Waals surface area contributed by atoms with Crippen LogP contribution < -0.4 is 0 Å². The summed E-state index contributed by atoms with van der Waals surface area (Å²) in [5, 5.41) is 11.4. The second-order valence-corrected chi connectivity index (χ2v) is 5.07. The van der Waals surface area contributed by atoms with Gasteiger partial charge in [-0.3, -0.25) is 0 Å². The number of benzene rings is 1. The monoisotopic (exact) mass is 310 g/mol. The zero-order valence-corrected chi connectivity index (χ0v) is 12.7. The SMILES string of the molecule is CC(C=Nn1c(-c2ccccc2)n[nH]c1=S)=Cc1ccco1. The molecule has 0 saturated heterocycles. The first-order valence-electron chi connectivity index (χ1n) is 6.73. The molecular formula is C16H14N4OS. The third-order valence-corrected chi connectivity index (χ3v) is 3.24. The van der Waals surface area contributed by atoms with Gasteiger partial charge in [0.1, 0.15) is 5.76 Å². The van der Waals surface area contributed by atoms with Crippen molar-refractivity contribution in [3.8, 4) is 11.4 Å². The Hall–Kier alpha value is -2.73. The van der Waals surface area contributed by atoms with E-state index in [9.17, 15) is 0 Å². The average molecular weight is 310 g/mol. The van der Waals surface area contributed by atoms with Crippen molar-refractivity contribution in [3.05, 3.63) is 64.8 Å². The Balaban J connectivity index is 1.91. The molecule has 2 aromatic heterocycles. The fraction of sp³-hybridized carbons (Fsp3) is 0.0625. The van der Waals surface area contributed by atoms with Crippen molar-refractivity contribution in [3.63, 3.8) is 0 Å². The van der Waals surface area contributed by atoms with Gasteiger partial charge >= 0.3 is 0 Å². The largest absolute Gasteiger partial charge is 0.465 e. The number of rotatable bonds is 4. The Morgan fingerprint density at radius 3 is 2.82 bits per heavy atom. The van der Waals surface area contributed by atoms with E-state index in [1.54, 1.807) is 17.2 Å². The molecule has 1 N–H and O–H groups in total. The highest BCUT2D eigenvalue weighted by Crippen LogP contribution is 2.16. The lowest BCUT2D eigenvalue weighted by molar-refractivity contribution is 0.557. The highest BCUT2D eigenvalue weighted by molar-refractivity contribution is 7.71. The molecule has 0 spiro atoms. The number of H-pyrrole nitrogens is 1. The van der Waals surface area contributed by atoms with Gasteiger partial charge in [0.2, 0.25) is 4.77 Å². The molecule has 0 aliphatic carbocycles. The summed E-state index contributed by atoms with van der Waals surface area (Å²) in [5.74, 6) is 1.45. The summed E-state index contributed by atoms with van der Waals surface area (Å²) in [4.78, 5) is 0. The van der Waals surface area contributed by atoms with Crippen LogP contribution in [0.5, 0.6) is 0 Å². The third kappa shape index (κ3) is 3.12. The highest BCUT2D eigenvalue weighted by Gasteiger charge is 2.06. The second kappa shape index (κ2) is 6.36. The summed E-state index contributed by atoms with van der Waals surface area (Å²) in [6.07, 6.45) is 5.26. The normalized spacial score (nSPS) is 12.1. The van der Waals surface area contributed by atoms with Crippen LogP contribution >= 0.6 is 12.2 Å². The maximum Gasteiger partial charge on any atom is 0.216 e. The Morgan fingerprint density at radius 1 is 1.27 bits per heavy atom. The van der Waals surface area contributed by atoms with Crippen molar-refractivity contribution in [1.29, 1.82) is 0 Å². The van der Waals surface area contributed by atoms with Crippen molar-refractivity contribution in [2.24, 2.45) is 5.10 Å². The van der Waals surface area contributed by atoms with Crippen LogP contribution in [0.25, 0.3) is 17.5 Å². The van der Waals surface area contributed by atoms with Crippen LogP contribution in [0.3, 0.4) is 0 Å². The van der Waals surface area contributed by atoms with Gasteiger partial charge in [0, 0.05) is 5.56 Å². The third-order valence-electron chi connectivity index (χ3n) is 2.97. The lowest BCUT2D eigenvalue weighted by Crippen LogP contribution is -1.94. The van der Waals surface area contributed by atoms with E-state index in [0.29, 0.717) is 10.6 Å². The molecule has 0 aliphatic heterocycles. The molecular weight excluding hydrogens is 296 g/mol. The van der Waals surface area contributed by atoms with Crippen molar-refractivity contribution in [2.45, 2.75) is 6.92 Å². The minimum absolute atomic E-state index is 0.445. The predicted octanol–water partition coefficient (Wildman–Crippen LogP) is 4.14. The number of hydrogen-bond acceptors (Lipinski definition) is 4. The van der Waals surface area contributed by atoms with Gasteiger partial charge < -0.3 is 4.42 Å². The van der Waals surface area contributed by atoms with E-state index in [2.05, 4.69) is 15.3 Å². The lowest BCUT2D eigenvalue weighted by atomic mass is 10.2. The number of nitrogens with one attached hydrogen (secondary N) is 1. The molecule has 0 atom stereocenters. The number of allylic oxidation sites excluding steroid dienone is 1. The van der Waals surface area contributed by atoms with E-state index in [4.69, 9.17) is 16.6 Å². The van der Waals surface area contributed by atoms with Gasteiger partial charge in [-0.1, -0.05) is 30.3 Å². The van der Waals surface area contributed by atoms with E-state index < -0.39 is 0 Å². The van der Waals surface area contributed by atoms with Gasteiger partial charge in [0.05, 0.1) is 12.5 Å². The predicted molar refractivity (Wildman–Crippen MR) is 89.1 cm³/mol. The van der Waals surface area contributed by atoms with Crippen molar-refractivity contribution in [1.82, 2.24) is 14.9 Å². The number of nitrogens with zero attached hydrogens (tertiary/aromatic N) is 3. The van der Waals surface area contributed by atoms with E-state index in [-0.39, 0.29) is 0 Å². The summed E-state index contributed by atoms with van der Waals surface area (Å²) >= 11 is 5.23. The van der Waals surface area contributed by atoms with E-state index >= 15 is 0 Å². The van der Waals surface area contributed by atoms with Gasteiger partial charge in [-0.2, -0.15) is 14.9 Å². The Labute approximate surface area is 132 Å². The zero-order valence-electron chi connectivity index (χ0n) is 11.9. The fourth-order valence-corrected chi connectivity index (χ4v) is 2.14. The van der Waals surface area contributed by atoms with Gasteiger partial charge in [0.15, 0.2) is 5.82 Å². The van der Waals surface area contributed by atoms with Crippen molar-refractivity contribution < 1.29 is 4.42 Å². The second-order valence-electron chi connectivity index (χ2n) is 4.68. The Kier molecular flexibility index (Phi) is 4.11. The molecule has 0 fully saturated rings. The van der Waals surface area contributed by atoms with E-state index in [1.165, 1.54) is 0 Å². The Bertz CT molecular complexity index is 857. The molecule has 6 heteroatoms. The standard InChI is InChI=1S/C16H14N4OS/c1-12(10-14-8-5-9-21-14)11-17-20-15(18-19-16(20)22)13-6-3-2-4-7-13/h2-11H,1H3,(H,19,22). The molecule has 3 aromatic rings. The Morgan fingerprint density at radius 2 is 2.09 bits per heavy atom. The minimum Gasteiger partial charge on any atom is -0.465 e. The summed E-state index contributed by atoms with van der Waals surface area (Å²) in [5.41, 5.74) is 1.89. The van der Waals surface area contributed by atoms with Crippen molar-refractivity contribution >= 4 is 24.5 Å². The van der Waals surface area contributed by atoms with E-state index in [0.717, 1.165) is 16.9 Å². The van der Waals surface area contributed by atoms with Crippen LogP contribution in [0.1, 0.15) is 12.7 Å². The molecule has 0 amide bonds. The van der Waals surface area contributed by atoms with Gasteiger partial charge in [-0.25, -0.2) is 5.10 Å². The van der Waals surface area contributed by atoms with Crippen LogP contribution in [-0.2, 0) is 0 Å². The number of furan rings is 1. The average Bonchev–Trinajstić information content (AvgIpc) is 3.16. The van der Waals surface area contributed by atoms with Crippen LogP contribution in [0, 0.1) is 4.77 Å². The van der Waals surface area contributed by atoms with Crippen molar-refractivity contribution in [2.75, 3.05) is 0 Å². The summed E-state index contributed by atoms with van der Waals surface area (Å²) in [6.45, 7) is 1.94. The molecule has 0 bridgehead atoms. The molecule has 1 aromatic carbocycles. The maximum atomic E-state index is 5.27. The molecule has 0 saturated carbocycles. The first-order valence-corrected chi connectivity index (χ1v) is 7.14. The first kappa shape index (κ1) is 14.2. The van der Waals surface area contributed by atoms with E-state index in [1.807, 2.05) is 55.5 Å². The van der Waals surface area contributed by atoms with Gasteiger partial charge in [-0.15, -0.1) is 0 Å². The minimum atomic E-state index is 0.445. The summed E-state index contributed by atoms with van der Waals surface area (Å²) in [6, 6.07) is 13.5. The highest BCUT2D eigenvalue weighted by atomic mass is 32.1. The maximum absolute atomic E-state index is 5.27. The lowest BCUT2D eigenvalue weighted by Gasteiger charge is -2.00. The van der Waals surface area contributed by atoms with Crippen LogP contribution in [0.4, 0.5) is 0 Å². The smallest absolute Gasteiger partial charge is 0.216 e. The number of hydrogen-bond donors (Lipinski definition) is 1. The number of aromatic amines is 1. The molecule has 2 heterocycles. The van der Waals surface area contributed by atoms with Crippen LogP contribution in [-0.4, -0.2) is 21.1 Å². The fourth-order valence-electron chi connectivity index (χ4n) is 1.96.